The molecule has 8 nitrogen and oxygen atoms in total. The molecule has 0 aliphatic heterocycles. The maximum atomic E-state index is 12.5. The monoisotopic (exact) mass is 390 g/mol. The number of aromatic nitrogens is 2. The molecule has 0 fully saturated rings. The lowest BCUT2D eigenvalue weighted by Crippen LogP contribution is -2.16. The van der Waals surface area contributed by atoms with Gasteiger partial charge in [0.1, 0.15) is 0 Å². The van der Waals surface area contributed by atoms with Crippen LogP contribution in [-0.4, -0.2) is 34.7 Å². The van der Waals surface area contributed by atoms with Gasteiger partial charge in [-0.05, 0) is 43.3 Å². The molecule has 0 aliphatic rings. The molecule has 0 saturated carbocycles. The molecule has 0 unspecified atom stereocenters. The normalized spacial score (nSPS) is 10.1. The third-order valence-corrected chi connectivity index (χ3v) is 4.04. The predicted molar refractivity (Wildman–Crippen MR) is 107 cm³/mol. The summed E-state index contributed by atoms with van der Waals surface area (Å²) in [5, 5.41) is 5.65. The number of hydrogen-bond acceptors (Lipinski definition) is 7. The van der Waals surface area contributed by atoms with Crippen LogP contribution in [0.2, 0.25) is 0 Å². The Labute approximate surface area is 167 Å². The van der Waals surface area contributed by atoms with Gasteiger partial charge in [0.15, 0.2) is 5.78 Å². The summed E-state index contributed by atoms with van der Waals surface area (Å²) in [7, 11) is 1.27. The summed E-state index contributed by atoms with van der Waals surface area (Å²) >= 11 is 0. The number of Topliss-reactive ketones (excluding diaryl/α,β-unsaturated/α-hetero) is 1. The first kappa shape index (κ1) is 19.7. The van der Waals surface area contributed by atoms with Crippen LogP contribution in [0.15, 0.2) is 60.9 Å². The number of benzene rings is 2. The van der Waals surface area contributed by atoms with Crippen molar-refractivity contribution in [2.45, 2.75) is 6.92 Å². The summed E-state index contributed by atoms with van der Waals surface area (Å²) < 4.78 is 4.72. The van der Waals surface area contributed by atoms with Crippen LogP contribution in [0.3, 0.4) is 0 Å². The van der Waals surface area contributed by atoms with E-state index in [1.54, 1.807) is 48.5 Å². The van der Waals surface area contributed by atoms with Crippen LogP contribution in [0, 0.1) is 0 Å². The van der Waals surface area contributed by atoms with Crippen LogP contribution in [0.1, 0.15) is 38.0 Å². The second kappa shape index (κ2) is 8.75. The molecule has 0 radical (unpaired) electrons. The smallest absolute Gasteiger partial charge is 0.339 e. The minimum absolute atomic E-state index is 0.0167. The average molecular weight is 390 g/mol. The number of esters is 1. The number of ether oxygens (including phenoxy) is 1. The second-order valence-electron chi connectivity index (χ2n) is 6.05. The molecular weight excluding hydrogens is 372 g/mol. The number of anilines is 3. The van der Waals surface area contributed by atoms with E-state index in [4.69, 9.17) is 4.74 Å². The van der Waals surface area contributed by atoms with Crippen molar-refractivity contribution in [3.05, 3.63) is 77.6 Å². The fourth-order valence-corrected chi connectivity index (χ4v) is 2.50. The fourth-order valence-electron chi connectivity index (χ4n) is 2.50. The zero-order valence-electron chi connectivity index (χ0n) is 15.8. The number of nitrogens with zero attached hydrogens (tertiary/aromatic N) is 2. The Kier molecular flexibility index (Phi) is 5.94. The van der Waals surface area contributed by atoms with Crippen LogP contribution < -0.4 is 10.6 Å². The van der Waals surface area contributed by atoms with E-state index in [2.05, 4.69) is 20.6 Å². The minimum Gasteiger partial charge on any atom is -0.465 e. The fraction of sp³-hybridized carbons (Fsp3) is 0.0952. The zero-order valence-corrected chi connectivity index (χ0v) is 15.8. The van der Waals surface area contributed by atoms with Crippen molar-refractivity contribution in [2.24, 2.45) is 0 Å². The molecule has 0 atom stereocenters. The van der Waals surface area contributed by atoms with Crippen molar-refractivity contribution in [3.63, 3.8) is 0 Å². The summed E-state index contributed by atoms with van der Waals surface area (Å²) in [5.41, 5.74) is 2.12. The summed E-state index contributed by atoms with van der Waals surface area (Å²) in [5.74, 6) is -0.727. The van der Waals surface area contributed by atoms with Gasteiger partial charge in [-0.3, -0.25) is 9.59 Å². The van der Waals surface area contributed by atoms with Crippen LogP contribution in [0.4, 0.5) is 17.3 Å². The molecular formula is C21H18N4O4. The maximum absolute atomic E-state index is 12.5. The number of ketones is 1. The van der Waals surface area contributed by atoms with Gasteiger partial charge in [-0.2, -0.15) is 0 Å². The molecule has 0 bridgehead atoms. The number of rotatable bonds is 6. The number of hydrogen-bond donors (Lipinski definition) is 2. The Hall–Kier alpha value is -4.07. The lowest BCUT2D eigenvalue weighted by atomic mass is 10.1. The van der Waals surface area contributed by atoms with E-state index in [1.165, 1.54) is 26.4 Å². The number of methoxy groups -OCH3 is 1. The van der Waals surface area contributed by atoms with Crippen molar-refractivity contribution < 1.29 is 19.1 Å². The topological polar surface area (TPSA) is 110 Å². The molecule has 2 N–H and O–H groups in total. The highest BCUT2D eigenvalue weighted by Crippen LogP contribution is 2.18. The molecule has 0 aliphatic carbocycles. The van der Waals surface area contributed by atoms with Crippen LogP contribution in [-0.2, 0) is 4.74 Å². The Bertz CT molecular complexity index is 1050. The van der Waals surface area contributed by atoms with Gasteiger partial charge in [0.25, 0.3) is 5.91 Å². The highest BCUT2D eigenvalue weighted by molar-refractivity contribution is 6.07. The van der Waals surface area contributed by atoms with Crippen molar-refractivity contribution in [3.8, 4) is 0 Å². The number of nitrogens with one attached hydrogen (secondary N) is 2. The van der Waals surface area contributed by atoms with Gasteiger partial charge < -0.3 is 15.4 Å². The Morgan fingerprint density at radius 3 is 2.17 bits per heavy atom. The summed E-state index contributed by atoms with van der Waals surface area (Å²) in [6, 6.07) is 13.4. The van der Waals surface area contributed by atoms with E-state index in [0.717, 1.165) is 0 Å². The van der Waals surface area contributed by atoms with Crippen molar-refractivity contribution in [2.75, 3.05) is 17.7 Å². The lowest BCUT2D eigenvalue weighted by Gasteiger charge is -2.10. The van der Waals surface area contributed by atoms with Crippen LogP contribution in [0.5, 0.6) is 0 Å². The highest BCUT2D eigenvalue weighted by Gasteiger charge is 2.15. The van der Waals surface area contributed by atoms with E-state index >= 15 is 0 Å². The SMILES string of the molecule is COC(=O)c1ccccc1NC(=O)c1cnc(Nc2ccc(C(C)=O)cc2)nc1. The molecule has 2 aromatic carbocycles. The van der Waals surface area contributed by atoms with E-state index in [1.807, 2.05) is 0 Å². The molecule has 146 valence electrons. The number of carbonyl (C=O) groups excluding carboxylic acids is 3. The Morgan fingerprint density at radius 2 is 1.55 bits per heavy atom. The Morgan fingerprint density at radius 1 is 0.897 bits per heavy atom. The molecule has 1 aromatic heterocycles. The molecule has 8 heteroatoms. The van der Waals surface area contributed by atoms with Gasteiger partial charge in [-0.15, -0.1) is 0 Å². The zero-order chi connectivity index (χ0) is 20.8. The van der Waals surface area contributed by atoms with Gasteiger partial charge in [-0.1, -0.05) is 12.1 Å². The summed E-state index contributed by atoms with van der Waals surface area (Å²) in [6.07, 6.45) is 2.74. The molecule has 3 rings (SSSR count). The number of carbonyl (C=O) groups is 3. The van der Waals surface area contributed by atoms with Gasteiger partial charge in [0.2, 0.25) is 5.95 Å². The summed E-state index contributed by atoms with van der Waals surface area (Å²) in [6.45, 7) is 1.50. The Balaban J connectivity index is 1.69. The molecule has 1 amide bonds. The maximum Gasteiger partial charge on any atom is 0.339 e. The quantitative estimate of drug-likeness (QED) is 0.490. The average Bonchev–Trinajstić information content (AvgIpc) is 2.74. The third kappa shape index (κ3) is 4.81. The largest absolute Gasteiger partial charge is 0.465 e. The number of amides is 1. The second-order valence-corrected chi connectivity index (χ2v) is 6.05. The van der Waals surface area contributed by atoms with Crippen molar-refractivity contribution >= 4 is 35.0 Å². The summed E-state index contributed by atoms with van der Waals surface area (Å²) in [4.78, 5) is 43.8. The standard InChI is InChI=1S/C21H18N4O4/c1-13(26)14-7-9-16(10-8-14)24-21-22-11-15(12-23-21)19(27)25-18-6-4-3-5-17(18)20(28)29-2/h3-12H,1-2H3,(H,25,27)(H,22,23,24). The van der Waals surface area contributed by atoms with E-state index in [-0.39, 0.29) is 16.9 Å². The highest BCUT2D eigenvalue weighted by atomic mass is 16.5. The third-order valence-electron chi connectivity index (χ3n) is 4.04. The van der Waals surface area contributed by atoms with E-state index < -0.39 is 11.9 Å². The molecule has 3 aromatic rings. The molecule has 0 saturated heterocycles. The van der Waals surface area contributed by atoms with Gasteiger partial charge in [0.05, 0.1) is 23.9 Å². The lowest BCUT2D eigenvalue weighted by molar-refractivity contribution is 0.0601. The van der Waals surface area contributed by atoms with Gasteiger partial charge >= 0.3 is 5.97 Å². The first-order chi connectivity index (χ1) is 14.0. The number of para-hydroxylation sites is 1. The van der Waals surface area contributed by atoms with Crippen LogP contribution in [0.25, 0.3) is 0 Å². The van der Waals surface area contributed by atoms with Crippen molar-refractivity contribution in [1.29, 1.82) is 0 Å². The predicted octanol–water partition coefficient (Wildman–Crippen LogP) is 3.46. The molecule has 29 heavy (non-hydrogen) atoms. The molecule has 1 heterocycles. The van der Waals surface area contributed by atoms with Crippen LogP contribution >= 0.6 is 0 Å². The van der Waals surface area contributed by atoms with E-state index in [9.17, 15) is 14.4 Å². The first-order valence-corrected chi connectivity index (χ1v) is 8.66. The minimum atomic E-state index is -0.549. The molecule has 0 spiro atoms. The van der Waals surface area contributed by atoms with Gasteiger partial charge in [-0.25, -0.2) is 14.8 Å². The van der Waals surface area contributed by atoms with E-state index in [0.29, 0.717) is 22.9 Å². The van der Waals surface area contributed by atoms with Crippen molar-refractivity contribution in [1.82, 2.24) is 9.97 Å². The van der Waals surface area contributed by atoms with Gasteiger partial charge in [0, 0.05) is 23.6 Å². The first-order valence-electron chi connectivity index (χ1n) is 8.66.